The van der Waals surface area contributed by atoms with Gasteiger partial charge in [-0.1, -0.05) is 6.07 Å². The van der Waals surface area contributed by atoms with Gasteiger partial charge in [0.05, 0.1) is 25.0 Å². The van der Waals surface area contributed by atoms with Gasteiger partial charge in [-0.3, -0.25) is 9.59 Å². The van der Waals surface area contributed by atoms with E-state index in [-0.39, 0.29) is 11.1 Å². The molecule has 3 aromatic rings. The first-order valence-electron chi connectivity index (χ1n) is 7.56. The molecule has 8 heteroatoms. The number of hydrazone groups is 2. The van der Waals surface area contributed by atoms with Crippen molar-refractivity contribution in [2.45, 2.75) is 0 Å². The number of rotatable bonds is 6. The molecule has 0 bridgehead atoms. The van der Waals surface area contributed by atoms with Crippen molar-refractivity contribution < 1.29 is 18.4 Å². The second-order valence-electron chi connectivity index (χ2n) is 5.01. The van der Waals surface area contributed by atoms with Crippen molar-refractivity contribution in [3.8, 4) is 0 Å². The Hall–Kier alpha value is -3.94. The lowest BCUT2D eigenvalue weighted by Gasteiger charge is -2.03. The van der Waals surface area contributed by atoms with Crippen LogP contribution in [0.15, 0.2) is 80.1 Å². The fourth-order valence-corrected chi connectivity index (χ4v) is 1.97. The molecule has 2 N–H and O–H groups in total. The van der Waals surface area contributed by atoms with E-state index in [2.05, 4.69) is 21.1 Å². The Kier molecular flexibility index (Phi) is 5.36. The summed E-state index contributed by atoms with van der Waals surface area (Å²) in [5.74, 6) is 0.101. The molecule has 0 aliphatic carbocycles. The van der Waals surface area contributed by atoms with Crippen molar-refractivity contribution in [1.82, 2.24) is 10.9 Å². The molecule has 0 aliphatic heterocycles. The predicted octanol–water partition coefficient (Wildman–Crippen LogP) is 2.40. The van der Waals surface area contributed by atoms with Gasteiger partial charge in [-0.2, -0.15) is 10.2 Å². The quantitative estimate of drug-likeness (QED) is 0.525. The molecule has 3 rings (SSSR count). The number of hydrogen-bond acceptors (Lipinski definition) is 6. The zero-order valence-electron chi connectivity index (χ0n) is 13.5. The maximum atomic E-state index is 12.1. The van der Waals surface area contributed by atoms with Gasteiger partial charge in [0.2, 0.25) is 0 Å². The maximum absolute atomic E-state index is 12.1. The Morgan fingerprint density at radius 1 is 0.769 bits per heavy atom. The molecule has 0 aliphatic rings. The van der Waals surface area contributed by atoms with Crippen LogP contribution in [-0.2, 0) is 0 Å². The number of hydrogen-bond donors (Lipinski definition) is 2. The largest absolute Gasteiger partial charge is 0.463 e. The van der Waals surface area contributed by atoms with Gasteiger partial charge in [0, 0.05) is 11.1 Å². The fourth-order valence-electron chi connectivity index (χ4n) is 1.97. The topological polar surface area (TPSA) is 109 Å². The molecule has 8 nitrogen and oxygen atoms in total. The van der Waals surface area contributed by atoms with Crippen LogP contribution in [0.3, 0.4) is 0 Å². The lowest BCUT2D eigenvalue weighted by atomic mass is 10.1. The summed E-state index contributed by atoms with van der Waals surface area (Å²) in [5, 5.41) is 7.58. The monoisotopic (exact) mass is 350 g/mol. The average molecular weight is 350 g/mol. The standard InChI is InChI=1S/C18H14N4O4/c23-17(21-19-11-15-6-2-8-25-15)13-4-1-5-14(10-13)18(24)22-20-12-16-7-3-9-26-16/h1-12H,(H,21,23)(H,22,24). The van der Waals surface area contributed by atoms with Crippen molar-refractivity contribution in [2.75, 3.05) is 0 Å². The van der Waals surface area contributed by atoms with Crippen LogP contribution in [0.25, 0.3) is 0 Å². The van der Waals surface area contributed by atoms with Gasteiger partial charge in [0.1, 0.15) is 11.5 Å². The first-order valence-corrected chi connectivity index (χ1v) is 7.56. The molecule has 130 valence electrons. The number of nitrogens with one attached hydrogen (secondary N) is 2. The summed E-state index contributed by atoms with van der Waals surface area (Å²) in [6, 6.07) is 13.0. The van der Waals surface area contributed by atoms with Gasteiger partial charge in [-0.25, -0.2) is 10.9 Å². The van der Waals surface area contributed by atoms with Crippen LogP contribution in [-0.4, -0.2) is 24.2 Å². The molecule has 0 radical (unpaired) electrons. The van der Waals surface area contributed by atoms with Gasteiger partial charge < -0.3 is 8.83 Å². The van der Waals surface area contributed by atoms with E-state index < -0.39 is 11.8 Å². The third-order valence-electron chi connectivity index (χ3n) is 3.19. The van der Waals surface area contributed by atoms with Crippen LogP contribution >= 0.6 is 0 Å². The van der Waals surface area contributed by atoms with Crippen molar-refractivity contribution in [3.05, 3.63) is 83.7 Å². The highest BCUT2D eigenvalue weighted by Gasteiger charge is 2.09. The van der Waals surface area contributed by atoms with E-state index in [4.69, 9.17) is 8.83 Å². The number of amides is 2. The lowest BCUT2D eigenvalue weighted by Crippen LogP contribution is -2.20. The third-order valence-corrected chi connectivity index (χ3v) is 3.19. The second kappa shape index (κ2) is 8.25. The zero-order valence-corrected chi connectivity index (χ0v) is 13.5. The summed E-state index contributed by atoms with van der Waals surface area (Å²) in [5.41, 5.74) is 5.29. The minimum Gasteiger partial charge on any atom is -0.463 e. The fraction of sp³-hybridized carbons (Fsp3) is 0. The molecule has 26 heavy (non-hydrogen) atoms. The van der Waals surface area contributed by atoms with E-state index in [9.17, 15) is 9.59 Å². The van der Waals surface area contributed by atoms with Crippen LogP contribution < -0.4 is 10.9 Å². The SMILES string of the molecule is O=C(NN=Cc1ccco1)c1cccc(C(=O)NN=Cc2ccco2)c1. The molecule has 0 fully saturated rings. The van der Waals surface area contributed by atoms with E-state index in [0.717, 1.165) is 0 Å². The van der Waals surface area contributed by atoms with E-state index in [1.807, 2.05) is 0 Å². The van der Waals surface area contributed by atoms with Crippen molar-refractivity contribution in [2.24, 2.45) is 10.2 Å². The van der Waals surface area contributed by atoms with Crippen LogP contribution in [0.2, 0.25) is 0 Å². The Labute approximate surface area is 148 Å². The molecular formula is C18H14N4O4. The van der Waals surface area contributed by atoms with E-state index >= 15 is 0 Å². The van der Waals surface area contributed by atoms with Crippen LogP contribution in [0.4, 0.5) is 0 Å². The van der Waals surface area contributed by atoms with Crippen LogP contribution in [0.1, 0.15) is 32.2 Å². The van der Waals surface area contributed by atoms with E-state index in [0.29, 0.717) is 11.5 Å². The molecule has 0 spiro atoms. The molecule has 0 saturated heterocycles. The molecule has 1 aromatic carbocycles. The Bertz CT molecular complexity index is 855. The molecule has 0 saturated carbocycles. The predicted molar refractivity (Wildman–Crippen MR) is 94.0 cm³/mol. The maximum Gasteiger partial charge on any atom is 0.271 e. The summed E-state index contributed by atoms with van der Waals surface area (Å²) in [6.07, 6.45) is 5.74. The van der Waals surface area contributed by atoms with Crippen molar-refractivity contribution in [3.63, 3.8) is 0 Å². The van der Waals surface area contributed by atoms with Gasteiger partial charge in [0.25, 0.3) is 11.8 Å². The number of benzene rings is 1. The zero-order chi connectivity index (χ0) is 18.2. The number of furan rings is 2. The highest BCUT2D eigenvalue weighted by Crippen LogP contribution is 2.06. The normalized spacial score (nSPS) is 11.1. The summed E-state index contributed by atoms with van der Waals surface area (Å²) in [4.78, 5) is 24.2. The molecular weight excluding hydrogens is 336 g/mol. The minimum atomic E-state index is -0.457. The van der Waals surface area contributed by atoms with Crippen LogP contribution in [0.5, 0.6) is 0 Å². The Balaban J connectivity index is 1.59. The Morgan fingerprint density at radius 2 is 1.27 bits per heavy atom. The number of carbonyl (C=O) groups is 2. The highest BCUT2D eigenvalue weighted by atomic mass is 16.3. The summed E-state index contributed by atoms with van der Waals surface area (Å²) < 4.78 is 10.1. The first kappa shape index (κ1) is 16.9. The molecule has 2 heterocycles. The average Bonchev–Trinajstić information content (AvgIpc) is 3.35. The van der Waals surface area contributed by atoms with Crippen molar-refractivity contribution >= 4 is 24.2 Å². The number of nitrogens with zero attached hydrogens (tertiary/aromatic N) is 2. The molecule has 2 amide bonds. The molecule has 0 unspecified atom stereocenters. The number of carbonyl (C=O) groups excluding carboxylic acids is 2. The second-order valence-corrected chi connectivity index (χ2v) is 5.01. The summed E-state index contributed by atoms with van der Waals surface area (Å²) >= 11 is 0. The van der Waals surface area contributed by atoms with Gasteiger partial charge in [0.15, 0.2) is 0 Å². The third kappa shape index (κ3) is 4.54. The van der Waals surface area contributed by atoms with Crippen molar-refractivity contribution in [1.29, 1.82) is 0 Å². The Morgan fingerprint density at radius 3 is 1.69 bits per heavy atom. The summed E-state index contributed by atoms with van der Waals surface area (Å²) in [6.45, 7) is 0. The van der Waals surface area contributed by atoms with Gasteiger partial charge >= 0.3 is 0 Å². The lowest BCUT2D eigenvalue weighted by molar-refractivity contribution is 0.0954. The van der Waals surface area contributed by atoms with Gasteiger partial charge in [-0.05, 0) is 42.5 Å². The summed E-state index contributed by atoms with van der Waals surface area (Å²) in [7, 11) is 0. The van der Waals surface area contributed by atoms with E-state index in [1.54, 1.807) is 42.5 Å². The highest BCUT2D eigenvalue weighted by molar-refractivity contribution is 6.00. The van der Waals surface area contributed by atoms with E-state index in [1.165, 1.54) is 31.0 Å². The van der Waals surface area contributed by atoms with Crippen LogP contribution in [0, 0.1) is 0 Å². The van der Waals surface area contributed by atoms with Gasteiger partial charge in [-0.15, -0.1) is 0 Å². The molecule has 0 atom stereocenters. The molecule has 2 aromatic heterocycles. The first-order chi connectivity index (χ1) is 12.7. The smallest absolute Gasteiger partial charge is 0.271 e. The minimum absolute atomic E-state index is 0.282.